The Hall–Kier alpha value is -3.52. The van der Waals surface area contributed by atoms with E-state index in [1.807, 2.05) is 80.3 Å². The molecule has 1 saturated heterocycles. The molecule has 0 saturated carbocycles. The number of rotatable bonds is 5. The highest BCUT2D eigenvalue weighted by Crippen LogP contribution is 2.40. The fraction of sp³-hybridized carbons (Fsp3) is 0.448. The maximum atomic E-state index is 12.5. The predicted molar refractivity (Wildman–Crippen MR) is 145 cm³/mol. The van der Waals surface area contributed by atoms with Crippen LogP contribution in [0.15, 0.2) is 54.6 Å². The highest BCUT2D eigenvalue weighted by Gasteiger charge is 2.35. The molecule has 1 atom stereocenters. The van der Waals surface area contributed by atoms with Gasteiger partial charge in [0.2, 0.25) is 0 Å². The van der Waals surface area contributed by atoms with Crippen molar-refractivity contribution in [3.8, 4) is 22.8 Å². The average molecular weight is 504 g/mol. The first-order valence-corrected chi connectivity index (χ1v) is 13.2. The number of likely N-dealkylation sites (tertiary alicyclic amines) is 1. The van der Waals surface area contributed by atoms with Crippen LogP contribution in [0.25, 0.3) is 11.3 Å². The van der Waals surface area contributed by atoms with Crippen molar-refractivity contribution < 1.29 is 14.3 Å². The summed E-state index contributed by atoms with van der Waals surface area (Å²) >= 11 is 0. The summed E-state index contributed by atoms with van der Waals surface area (Å²) in [5, 5.41) is 8.64. The molecule has 5 rings (SSSR count). The topological polar surface area (TPSA) is 94.6 Å². The van der Waals surface area contributed by atoms with Crippen LogP contribution >= 0.6 is 0 Å². The van der Waals surface area contributed by atoms with Gasteiger partial charge in [-0.2, -0.15) is 5.10 Å². The van der Waals surface area contributed by atoms with Gasteiger partial charge in [0.25, 0.3) is 0 Å². The molecule has 2 aliphatic heterocycles. The Balaban J connectivity index is 1.32. The third-order valence-corrected chi connectivity index (χ3v) is 7.10. The van der Waals surface area contributed by atoms with E-state index in [0.29, 0.717) is 25.6 Å². The first kappa shape index (κ1) is 25.1. The number of benzene rings is 2. The van der Waals surface area contributed by atoms with Crippen molar-refractivity contribution in [1.82, 2.24) is 14.7 Å². The van der Waals surface area contributed by atoms with Crippen LogP contribution in [0, 0.1) is 5.92 Å². The van der Waals surface area contributed by atoms with Crippen LogP contribution in [-0.2, 0) is 11.3 Å². The third-order valence-electron chi connectivity index (χ3n) is 7.10. The first-order chi connectivity index (χ1) is 17.8. The number of nitrogens with zero attached hydrogens (tertiary/aromatic N) is 3. The van der Waals surface area contributed by atoms with E-state index in [9.17, 15) is 4.79 Å². The van der Waals surface area contributed by atoms with Gasteiger partial charge in [0, 0.05) is 37.3 Å². The quantitative estimate of drug-likeness (QED) is 0.457. The number of carbonyl (C=O) groups is 1. The van der Waals surface area contributed by atoms with Gasteiger partial charge in [-0.15, -0.1) is 0 Å². The van der Waals surface area contributed by atoms with Crippen molar-refractivity contribution in [2.24, 2.45) is 11.7 Å². The summed E-state index contributed by atoms with van der Waals surface area (Å²) < 4.78 is 13.7. The van der Waals surface area contributed by atoms with E-state index in [1.54, 1.807) is 0 Å². The summed E-state index contributed by atoms with van der Waals surface area (Å²) in [6.07, 6.45) is 2.65. The smallest absolute Gasteiger partial charge is 0.410 e. The number of nitrogens with two attached hydrogens (primary N) is 1. The standard InChI is InChI=1S/C29H37N5O3/c1-29(2,3)37-28(35)33-17-14-20(15-18-33)25-13-16-31-27-24(19-30)26(32-34(25)27)21-9-11-23(12-10-21)36-22-7-5-4-6-8-22/h4-12,20,25,31H,13-19,30H2,1-3H3. The summed E-state index contributed by atoms with van der Waals surface area (Å²) in [7, 11) is 0. The Labute approximate surface area is 218 Å². The maximum absolute atomic E-state index is 12.5. The molecule has 3 aromatic rings. The normalized spacial score (nSPS) is 18.2. The van der Waals surface area contributed by atoms with Gasteiger partial charge in [0.1, 0.15) is 22.9 Å². The minimum Gasteiger partial charge on any atom is -0.457 e. The van der Waals surface area contributed by atoms with E-state index >= 15 is 0 Å². The van der Waals surface area contributed by atoms with Gasteiger partial charge < -0.3 is 25.4 Å². The minimum atomic E-state index is -0.478. The van der Waals surface area contributed by atoms with Gasteiger partial charge in [-0.25, -0.2) is 9.48 Å². The summed E-state index contributed by atoms with van der Waals surface area (Å²) in [6, 6.07) is 18.1. The number of ether oxygens (including phenoxy) is 2. The minimum absolute atomic E-state index is 0.219. The lowest BCUT2D eigenvalue weighted by molar-refractivity contribution is 0.0157. The number of amides is 1. The van der Waals surface area contributed by atoms with Crippen LogP contribution in [-0.4, -0.2) is 46.0 Å². The largest absolute Gasteiger partial charge is 0.457 e. The number of fused-ring (bicyclic) bond motifs is 1. The maximum Gasteiger partial charge on any atom is 0.410 e. The Morgan fingerprint density at radius 2 is 1.70 bits per heavy atom. The van der Waals surface area contributed by atoms with E-state index in [2.05, 4.69) is 10.00 Å². The molecule has 0 spiro atoms. The molecule has 1 unspecified atom stereocenters. The lowest BCUT2D eigenvalue weighted by Gasteiger charge is -2.38. The van der Waals surface area contributed by atoms with E-state index in [-0.39, 0.29) is 12.1 Å². The lowest BCUT2D eigenvalue weighted by Crippen LogP contribution is -2.43. The highest BCUT2D eigenvalue weighted by atomic mass is 16.6. The highest BCUT2D eigenvalue weighted by molar-refractivity contribution is 5.70. The molecule has 0 bridgehead atoms. The van der Waals surface area contributed by atoms with Crippen molar-refractivity contribution >= 4 is 11.9 Å². The van der Waals surface area contributed by atoms with Gasteiger partial charge in [-0.1, -0.05) is 18.2 Å². The molecule has 37 heavy (non-hydrogen) atoms. The lowest BCUT2D eigenvalue weighted by atomic mass is 9.87. The van der Waals surface area contributed by atoms with Gasteiger partial charge in [-0.3, -0.25) is 0 Å². The van der Waals surface area contributed by atoms with Crippen molar-refractivity contribution in [3.05, 3.63) is 60.2 Å². The summed E-state index contributed by atoms with van der Waals surface area (Å²) in [6.45, 7) is 8.43. The number of hydrogen-bond acceptors (Lipinski definition) is 6. The number of anilines is 1. The van der Waals surface area contributed by atoms with E-state index in [0.717, 1.165) is 59.9 Å². The molecule has 8 nitrogen and oxygen atoms in total. The molecule has 0 radical (unpaired) electrons. The zero-order valence-electron chi connectivity index (χ0n) is 21.9. The van der Waals surface area contributed by atoms with Crippen LogP contribution < -0.4 is 15.8 Å². The second-order valence-electron chi connectivity index (χ2n) is 10.9. The molecule has 1 amide bonds. The zero-order valence-corrected chi connectivity index (χ0v) is 21.9. The Morgan fingerprint density at radius 3 is 2.35 bits per heavy atom. The Kier molecular flexibility index (Phi) is 7.11. The molecule has 1 fully saturated rings. The number of piperidine rings is 1. The molecule has 2 aromatic carbocycles. The van der Waals surface area contributed by atoms with Crippen molar-refractivity contribution in [3.63, 3.8) is 0 Å². The predicted octanol–water partition coefficient (Wildman–Crippen LogP) is 5.80. The Morgan fingerprint density at radius 1 is 1.03 bits per heavy atom. The van der Waals surface area contributed by atoms with Gasteiger partial charge in [0.05, 0.1) is 11.7 Å². The van der Waals surface area contributed by atoms with Crippen molar-refractivity contribution in [1.29, 1.82) is 0 Å². The first-order valence-electron chi connectivity index (χ1n) is 13.2. The van der Waals surface area contributed by atoms with Gasteiger partial charge in [0.15, 0.2) is 0 Å². The second kappa shape index (κ2) is 10.5. The molecule has 0 aliphatic carbocycles. The van der Waals surface area contributed by atoms with Crippen molar-refractivity contribution in [2.75, 3.05) is 25.0 Å². The molecular weight excluding hydrogens is 466 g/mol. The van der Waals surface area contributed by atoms with Crippen LogP contribution in [0.3, 0.4) is 0 Å². The molecule has 3 heterocycles. The molecule has 8 heteroatoms. The number of hydrogen-bond donors (Lipinski definition) is 2. The van der Waals surface area contributed by atoms with Crippen molar-refractivity contribution in [2.45, 2.75) is 58.2 Å². The summed E-state index contributed by atoms with van der Waals surface area (Å²) in [4.78, 5) is 14.4. The molecule has 196 valence electrons. The van der Waals surface area contributed by atoms with Crippen LogP contribution in [0.2, 0.25) is 0 Å². The fourth-order valence-electron chi connectivity index (χ4n) is 5.32. The molecular formula is C29H37N5O3. The molecule has 2 aliphatic rings. The van der Waals surface area contributed by atoms with E-state index < -0.39 is 5.60 Å². The zero-order chi connectivity index (χ0) is 26.0. The average Bonchev–Trinajstić information content (AvgIpc) is 3.28. The number of aromatic nitrogens is 2. The molecule has 3 N–H and O–H groups in total. The number of nitrogens with one attached hydrogen (secondary N) is 1. The van der Waals surface area contributed by atoms with Crippen LogP contribution in [0.4, 0.5) is 10.6 Å². The van der Waals surface area contributed by atoms with E-state index in [1.165, 1.54) is 0 Å². The van der Waals surface area contributed by atoms with Gasteiger partial charge >= 0.3 is 6.09 Å². The third kappa shape index (κ3) is 5.59. The van der Waals surface area contributed by atoms with Crippen LogP contribution in [0.1, 0.15) is 51.6 Å². The monoisotopic (exact) mass is 503 g/mol. The van der Waals surface area contributed by atoms with Crippen LogP contribution in [0.5, 0.6) is 11.5 Å². The Bertz CT molecular complexity index is 1210. The SMILES string of the molecule is CC(C)(C)OC(=O)N1CCC(C2CCNc3c(CN)c(-c4ccc(Oc5ccccc5)cc4)nn32)CC1. The number of para-hydroxylation sites is 1. The van der Waals surface area contributed by atoms with E-state index in [4.69, 9.17) is 20.3 Å². The fourth-order valence-corrected chi connectivity index (χ4v) is 5.32. The molecule has 1 aromatic heterocycles. The number of carbonyl (C=O) groups excluding carboxylic acids is 1. The summed E-state index contributed by atoms with van der Waals surface area (Å²) in [5.74, 6) is 3.05. The van der Waals surface area contributed by atoms with Gasteiger partial charge in [-0.05, 0) is 82.3 Å². The second-order valence-corrected chi connectivity index (χ2v) is 10.9. The summed E-state index contributed by atoms with van der Waals surface area (Å²) in [5.41, 5.74) is 8.72.